The summed E-state index contributed by atoms with van der Waals surface area (Å²) in [6.07, 6.45) is 0.944. The van der Waals surface area contributed by atoms with Gasteiger partial charge in [0.2, 0.25) is 0 Å². The molecule has 0 spiro atoms. The van der Waals surface area contributed by atoms with Crippen molar-refractivity contribution in [1.82, 2.24) is 9.97 Å². The fraction of sp³-hybridized carbons (Fsp3) is 0.0833. The summed E-state index contributed by atoms with van der Waals surface area (Å²) in [7, 11) is 0. The molecule has 0 atom stereocenters. The van der Waals surface area contributed by atoms with E-state index >= 15 is 0 Å². The summed E-state index contributed by atoms with van der Waals surface area (Å²) in [5.74, 6) is -1.12. The van der Waals surface area contributed by atoms with Crippen molar-refractivity contribution in [2.24, 2.45) is 0 Å². The summed E-state index contributed by atoms with van der Waals surface area (Å²) in [6.45, 7) is -0.552. The normalized spacial score (nSPS) is 10.0. The van der Waals surface area contributed by atoms with Crippen molar-refractivity contribution in [3.05, 3.63) is 56.1 Å². The van der Waals surface area contributed by atoms with E-state index in [4.69, 9.17) is 16.3 Å². The first-order chi connectivity index (χ1) is 10.5. The van der Waals surface area contributed by atoms with Gasteiger partial charge in [-0.3, -0.25) is 19.7 Å². The van der Waals surface area contributed by atoms with Crippen LogP contribution in [-0.2, 0) is 4.79 Å². The molecule has 0 saturated carbocycles. The predicted molar refractivity (Wildman–Crippen MR) is 77.1 cm³/mol. The number of rotatable bonds is 5. The highest BCUT2D eigenvalue weighted by atomic mass is 35.5. The minimum atomic E-state index is -0.967. The number of anilines is 1. The zero-order valence-corrected chi connectivity index (χ0v) is 11.7. The highest BCUT2D eigenvalue weighted by Crippen LogP contribution is 2.18. The summed E-state index contributed by atoms with van der Waals surface area (Å²) < 4.78 is 4.93. The topological polar surface area (TPSA) is 127 Å². The summed E-state index contributed by atoms with van der Waals surface area (Å²) in [5, 5.41) is 13.7. The van der Waals surface area contributed by atoms with Gasteiger partial charge in [-0.05, 0) is 18.2 Å². The first-order valence-corrected chi connectivity index (χ1v) is 6.25. The number of carbonyl (C=O) groups is 1. The van der Waals surface area contributed by atoms with Crippen LogP contribution in [0.15, 0.2) is 35.4 Å². The largest absolute Gasteiger partial charge is 0.462 e. The van der Waals surface area contributed by atoms with Gasteiger partial charge in [0, 0.05) is 10.7 Å². The van der Waals surface area contributed by atoms with Crippen molar-refractivity contribution >= 4 is 28.9 Å². The third-order valence-electron chi connectivity index (χ3n) is 2.43. The molecule has 9 nitrogen and oxygen atoms in total. The van der Waals surface area contributed by atoms with E-state index in [0.29, 0.717) is 10.7 Å². The van der Waals surface area contributed by atoms with Crippen molar-refractivity contribution in [1.29, 1.82) is 0 Å². The Morgan fingerprint density at radius 1 is 1.50 bits per heavy atom. The third kappa shape index (κ3) is 3.79. The molecule has 1 heterocycles. The molecular formula is C12H9ClN4O5. The lowest BCUT2D eigenvalue weighted by Gasteiger charge is -2.06. The third-order valence-corrected chi connectivity index (χ3v) is 2.66. The Kier molecular flexibility index (Phi) is 4.69. The van der Waals surface area contributed by atoms with Crippen LogP contribution >= 0.6 is 11.6 Å². The van der Waals surface area contributed by atoms with Crippen LogP contribution in [0.1, 0.15) is 0 Å². The van der Waals surface area contributed by atoms with Crippen LogP contribution in [0.2, 0.25) is 5.02 Å². The molecule has 114 valence electrons. The van der Waals surface area contributed by atoms with Gasteiger partial charge in [-0.15, -0.1) is 0 Å². The fourth-order valence-electron chi connectivity index (χ4n) is 1.54. The maximum absolute atomic E-state index is 11.7. The number of hydrogen-bond donors (Lipinski definition) is 2. The summed E-state index contributed by atoms with van der Waals surface area (Å²) >= 11 is 5.77. The Bertz CT molecular complexity index is 776. The Balaban J connectivity index is 2.04. The molecule has 0 fully saturated rings. The van der Waals surface area contributed by atoms with Crippen molar-refractivity contribution in [3.63, 3.8) is 0 Å². The molecule has 0 saturated heterocycles. The minimum Gasteiger partial charge on any atom is -0.462 e. The quantitative estimate of drug-likeness (QED) is 0.631. The van der Waals surface area contributed by atoms with Gasteiger partial charge in [0.05, 0.1) is 11.3 Å². The van der Waals surface area contributed by atoms with Gasteiger partial charge in [-0.2, -0.15) is 4.98 Å². The van der Waals surface area contributed by atoms with Gasteiger partial charge in [-0.25, -0.2) is 0 Å². The number of carbonyl (C=O) groups excluding carboxylic acids is 1. The second kappa shape index (κ2) is 6.68. The molecular weight excluding hydrogens is 316 g/mol. The number of amides is 1. The Morgan fingerprint density at radius 2 is 2.27 bits per heavy atom. The number of aromatic nitrogens is 2. The van der Waals surface area contributed by atoms with Crippen molar-refractivity contribution < 1.29 is 14.5 Å². The van der Waals surface area contributed by atoms with Gasteiger partial charge in [0.25, 0.3) is 5.91 Å². The Morgan fingerprint density at radius 3 is 2.95 bits per heavy atom. The number of nitrogens with zero attached hydrogens (tertiary/aromatic N) is 2. The Hall–Kier alpha value is -2.94. The number of halogens is 1. The number of hydrogen-bond acceptors (Lipinski definition) is 6. The fourth-order valence-corrected chi connectivity index (χ4v) is 1.73. The number of benzene rings is 1. The molecule has 1 aromatic carbocycles. The molecule has 0 unspecified atom stereocenters. The molecule has 22 heavy (non-hydrogen) atoms. The predicted octanol–water partition coefficient (Wildman–Crippen LogP) is 1.35. The first-order valence-electron chi connectivity index (χ1n) is 5.87. The van der Waals surface area contributed by atoms with E-state index in [2.05, 4.69) is 15.3 Å². The minimum absolute atomic E-state index is 0.436. The summed E-state index contributed by atoms with van der Waals surface area (Å²) in [6, 6.07) is 6.41. The van der Waals surface area contributed by atoms with Gasteiger partial charge < -0.3 is 15.0 Å². The van der Waals surface area contributed by atoms with Crippen LogP contribution < -0.4 is 15.6 Å². The second-order valence-corrected chi connectivity index (χ2v) is 4.43. The summed E-state index contributed by atoms with van der Waals surface area (Å²) in [4.78, 5) is 38.4. The molecule has 0 bridgehead atoms. The van der Waals surface area contributed by atoms with Crippen LogP contribution in [-0.4, -0.2) is 27.4 Å². The zero-order valence-electron chi connectivity index (χ0n) is 10.9. The zero-order chi connectivity index (χ0) is 16.1. The van der Waals surface area contributed by atoms with E-state index in [9.17, 15) is 19.7 Å². The lowest BCUT2D eigenvalue weighted by molar-refractivity contribution is -0.387. The van der Waals surface area contributed by atoms with Crippen LogP contribution in [0.5, 0.6) is 5.88 Å². The van der Waals surface area contributed by atoms with E-state index in [0.717, 1.165) is 6.33 Å². The Labute approximate surface area is 128 Å². The lowest BCUT2D eigenvalue weighted by Crippen LogP contribution is -2.22. The molecule has 1 aromatic heterocycles. The number of nitrogens with one attached hydrogen (secondary N) is 2. The van der Waals surface area contributed by atoms with Crippen molar-refractivity contribution in [3.8, 4) is 5.88 Å². The van der Waals surface area contributed by atoms with Gasteiger partial charge in [-0.1, -0.05) is 17.7 Å². The second-order valence-electron chi connectivity index (χ2n) is 3.99. The standard InChI is InChI=1S/C12H9ClN4O5/c13-7-2-1-3-8(4-7)16-9(18)5-22-12-10(17(20)21)11(19)14-6-15-12/h1-4,6H,5H2,(H,16,18)(H,14,15,19). The molecule has 10 heteroatoms. The average Bonchev–Trinajstić information content (AvgIpc) is 2.44. The van der Waals surface area contributed by atoms with Crippen LogP contribution in [0.3, 0.4) is 0 Å². The van der Waals surface area contributed by atoms with E-state index in [-0.39, 0.29) is 0 Å². The first kappa shape index (κ1) is 15.4. The van der Waals surface area contributed by atoms with Gasteiger partial charge in [0.15, 0.2) is 6.61 Å². The van der Waals surface area contributed by atoms with E-state index in [1.807, 2.05) is 0 Å². The van der Waals surface area contributed by atoms with Gasteiger partial charge in [0.1, 0.15) is 0 Å². The average molecular weight is 325 g/mol. The van der Waals surface area contributed by atoms with Crippen molar-refractivity contribution in [2.45, 2.75) is 0 Å². The van der Waals surface area contributed by atoms with Crippen LogP contribution in [0, 0.1) is 10.1 Å². The molecule has 0 aliphatic rings. The highest BCUT2D eigenvalue weighted by Gasteiger charge is 2.22. The maximum Gasteiger partial charge on any atom is 0.395 e. The molecule has 2 aromatic rings. The molecule has 1 amide bonds. The monoisotopic (exact) mass is 324 g/mol. The summed E-state index contributed by atoms with van der Waals surface area (Å²) in [5.41, 5.74) is -1.39. The van der Waals surface area contributed by atoms with E-state index in [1.165, 1.54) is 6.07 Å². The number of ether oxygens (including phenoxy) is 1. The van der Waals surface area contributed by atoms with Gasteiger partial charge >= 0.3 is 17.1 Å². The van der Waals surface area contributed by atoms with Crippen LogP contribution in [0.4, 0.5) is 11.4 Å². The highest BCUT2D eigenvalue weighted by molar-refractivity contribution is 6.30. The van der Waals surface area contributed by atoms with Crippen LogP contribution in [0.25, 0.3) is 0 Å². The smallest absolute Gasteiger partial charge is 0.395 e. The molecule has 0 radical (unpaired) electrons. The van der Waals surface area contributed by atoms with E-state index < -0.39 is 34.6 Å². The maximum atomic E-state index is 11.7. The number of aromatic amines is 1. The van der Waals surface area contributed by atoms with E-state index in [1.54, 1.807) is 18.2 Å². The molecule has 2 rings (SSSR count). The molecule has 0 aliphatic heterocycles. The molecule has 2 N–H and O–H groups in total. The molecule has 0 aliphatic carbocycles. The lowest BCUT2D eigenvalue weighted by atomic mass is 10.3. The number of nitro groups is 1. The van der Waals surface area contributed by atoms with Crippen molar-refractivity contribution in [2.75, 3.05) is 11.9 Å². The number of H-pyrrole nitrogens is 1. The SMILES string of the molecule is O=C(COc1nc[nH]c(=O)c1[N+](=O)[O-])Nc1cccc(Cl)c1.